The molecule has 146 valence electrons. The van der Waals surface area contributed by atoms with Crippen LogP contribution in [-0.4, -0.2) is 34.3 Å². The summed E-state index contributed by atoms with van der Waals surface area (Å²) in [5.41, 5.74) is 3.76. The van der Waals surface area contributed by atoms with E-state index in [1.165, 1.54) is 11.1 Å². The lowest BCUT2D eigenvalue weighted by molar-refractivity contribution is 0.248. The van der Waals surface area contributed by atoms with E-state index in [9.17, 15) is 5.11 Å². The molecule has 0 bridgehead atoms. The highest BCUT2D eigenvalue weighted by Gasteiger charge is 2.21. The number of aliphatic hydroxyl groups excluding tert-OH is 1. The van der Waals surface area contributed by atoms with Gasteiger partial charge in [-0.15, -0.1) is 0 Å². The van der Waals surface area contributed by atoms with E-state index in [1.54, 1.807) is 0 Å². The van der Waals surface area contributed by atoms with E-state index in [2.05, 4.69) is 83.1 Å². The molecule has 2 N–H and O–H groups in total. The van der Waals surface area contributed by atoms with Crippen LogP contribution in [-0.2, 0) is 13.0 Å². The first-order valence-corrected chi connectivity index (χ1v) is 10.4. The number of rotatable bonds is 6. The number of aromatic nitrogens is 2. The predicted octanol–water partition coefficient (Wildman–Crippen LogP) is 4.35. The Kier molecular flexibility index (Phi) is 6.37. The number of nitrogens with zero attached hydrogens (tertiary/aromatic N) is 3. The smallest absolute Gasteiger partial charge is 0.225 e. The molecule has 0 radical (unpaired) electrons. The second-order valence-corrected chi connectivity index (χ2v) is 8.81. The topological polar surface area (TPSA) is 61.3 Å². The molecule has 5 nitrogen and oxygen atoms in total. The standard InChI is InChI=1S/C21H29BrN4O/c1-13(2)18-10-20(25-21(23-18)24-19(12-27)14(3)4)26-8-7-15-9-17(22)6-5-16(15)11-26/h5-6,9-10,13-14,19,27H,7-8,11-12H2,1-4H3,(H,23,24,25)/t19-/m1/s1. The van der Waals surface area contributed by atoms with Gasteiger partial charge in [0.2, 0.25) is 5.95 Å². The summed E-state index contributed by atoms with van der Waals surface area (Å²) in [5, 5.41) is 13.0. The SMILES string of the molecule is CC(C)c1cc(N2CCc3cc(Br)ccc3C2)nc(N[C@H](CO)C(C)C)n1. The van der Waals surface area contributed by atoms with E-state index in [1.807, 2.05) is 0 Å². The minimum absolute atomic E-state index is 0.0558. The molecule has 2 aromatic rings. The summed E-state index contributed by atoms with van der Waals surface area (Å²) < 4.78 is 1.13. The van der Waals surface area contributed by atoms with E-state index in [-0.39, 0.29) is 12.6 Å². The number of halogens is 1. The highest BCUT2D eigenvalue weighted by molar-refractivity contribution is 9.10. The van der Waals surface area contributed by atoms with Crippen molar-refractivity contribution in [2.75, 3.05) is 23.4 Å². The van der Waals surface area contributed by atoms with Crippen LogP contribution in [0.5, 0.6) is 0 Å². The van der Waals surface area contributed by atoms with Gasteiger partial charge in [-0.25, -0.2) is 4.98 Å². The monoisotopic (exact) mass is 432 g/mol. The van der Waals surface area contributed by atoms with Crippen LogP contribution in [0.4, 0.5) is 11.8 Å². The molecule has 3 rings (SSSR count). The van der Waals surface area contributed by atoms with Gasteiger partial charge in [-0.2, -0.15) is 4.98 Å². The van der Waals surface area contributed by atoms with Gasteiger partial charge in [-0.1, -0.05) is 49.7 Å². The zero-order valence-corrected chi connectivity index (χ0v) is 18.1. The third-order valence-corrected chi connectivity index (χ3v) is 5.64. The minimum atomic E-state index is -0.0558. The quantitative estimate of drug-likeness (QED) is 0.709. The van der Waals surface area contributed by atoms with Crippen molar-refractivity contribution in [3.05, 3.63) is 45.6 Å². The molecule has 0 amide bonds. The van der Waals surface area contributed by atoms with Crippen LogP contribution in [0.25, 0.3) is 0 Å². The van der Waals surface area contributed by atoms with E-state index in [4.69, 9.17) is 4.98 Å². The van der Waals surface area contributed by atoms with Gasteiger partial charge < -0.3 is 15.3 Å². The van der Waals surface area contributed by atoms with Gasteiger partial charge in [0, 0.05) is 23.6 Å². The van der Waals surface area contributed by atoms with Crippen LogP contribution in [0, 0.1) is 5.92 Å². The van der Waals surface area contributed by atoms with Gasteiger partial charge in [0.05, 0.1) is 18.3 Å². The van der Waals surface area contributed by atoms with E-state index in [0.717, 1.165) is 35.5 Å². The molecule has 2 heterocycles. The maximum atomic E-state index is 9.65. The molecule has 0 fully saturated rings. The molecule has 1 aromatic heterocycles. The Hall–Kier alpha value is -1.66. The fraction of sp³-hybridized carbons (Fsp3) is 0.524. The summed E-state index contributed by atoms with van der Waals surface area (Å²) in [6, 6.07) is 8.55. The summed E-state index contributed by atoms with van der Waals surface area (Å²) in [7, 11) is 0. The molecular weight excluding hydrogens is 404 g/mol. The van der Waals surface area contributed by atoms with E-state index in [0.29, 0.717) is 17.8 Å². The van der Waals surface area contributed by atoms with Gasteiger partial charge in [0.25, 0.3) is 0 Å². The summed E-state index contributed by atoms with van der Waals surface area (Å²) in [6.45, 7) is 10.3. The van der Waals surface area contributed by atoms with Crippen molar-refractivity contribution in [3.8, 4) is 0 Å². The first-order chi connectivity index (χ1) is 12.9. The maximum Gasteiger partial charge on any atom is 0.225 e. The number of nitrogens with one attached hydrogen (secondary N) is 1. The van der Waals surface area contributed by atoms with Gasteiger partial charge in [-0.3, -0.25) is 0 Å². The van der Waals surface area contributed by atoms with Crippen molar-refractivity contribution in [2.45, 2.75) is 52.6 Å². The summed E-state index contributed by atoms with van der Waals surface area (Å²) in [6.07, 6.45) is 1.00. The molecule has 1 aliphatic rings. The van der Waals surface area contributed by atoms with Crippen LogP contribution in [0.2, 0.25) is 0 Å². The molecule has 0 saturated heterocycles. The van der Waals surface area contributed by atoms with E-state index < -0.39 is 0 Å². The van der Waals surface area contributed by atoms with Crippen LogP contribution in [0.1, 0.15) is 50.4 Å². The van der Waals surface area contributed by atoms with Gasteiger partial charge >= 0.3 is 0 Å². The van der Waals surface area contributed by atoms with Crippen molar-refractivity contribution in [1.82, 2.24) is 9.97 Å². The molecular formula is C21H29BrN4O. The van der Waals surface area contributed by atoms with Crippen molar-refractivity contribution in [2.24, 2.45) is 5.92 Å². The van der Waals surface area contributed by atoms with Gasteiger partial charge in [0.1, 0.15) is 5.82 Å². The van der Waals surface area contributed by atoms with Crippen molar-refractivity contribution >= 4 is 27.7 Å². The highest BCUT2D eigenvalue weighted by Crippen LogP contribution is 2.28. The molecule has 1 aromatic carbocycles. The Morgan fingerprint density at radius 1 is 1.15 bits per heavy atom. The summed E-state index contributed by atoms with van der Waals surface area (Å²) in [5.74, 6) is 2.16. The third-order valence-electron chi connectivity index (χ3n) is 5.14. The molecule has 0 aliphatic carbocycles. The van der Waals surface area contributed by atoms with Gasteiger partial charge in [0.15, 0.2) is 0 Å². The number of aliphatic hydroxyl groups is 1. The van der Waals surface area contributed by atoms with Crippen molar-refractivity contribution < 1.29 is 5.11 Å². The lowest BCUT2D eigenvalue weighted by Gasteiger charge is -2.31. The second kappa shape index (κ2) is 8.57. The number of anilines is 2. The van der Waals surface area contributed by atoms with Crippen molar-refractivity contribution in [1.29, 1.82) is 0 Å². The first kappa shape index (κ1) is 20.1. The van der Waals surface area contributed by atoms with E-state index >= 15 is 0 Å². The summed E-state index contributed by atoms with van der Waals surface area (Å²) in [4.78, 5) is 11.8. The fourth-order valence-corrected chi connectivity index (χ4v) is 3.69. The van der Waals surface area contributed by atoms with Crippen LogP contribution < -0.4 is 10.2 Å². The Labute approximate surface area is 170 Å². The lowest BCUT2D eigenvalue weighted by atomic mass is 10.00. The highest BCUT2D eigenvalue weighted by atomic mass is 79.9. The zero-order valence-electron chi connectivity index (χ0n) is 16.5. The summed E-state index contributed by atoms with van der Waals surface area (Å²) >= 11 is 3.56. The Bertz CT molecular complexity index is 794. The Morgan fingerprint density at radius 2 is 1.93 bits per heavy atom. The molecule has 6 heteroatoms. The molecule has 27 heavy (non-hydrogen) atoms. The number of hydrogen-bond donors (Lipinski definition) is 2. The van der Waals surface area contributed by atoms with Crippen LogP contribution >= 0.6 is 15.9 Å². The molecule has 0 unspecified atom stereocenters. The molecule has 1 atom stereocenters. The van der Waals surface area contributed by atoms with Crippen molar-refractivity contribution in [3.63, 3.8) is 0 Å². The lowest BCUT2D eigenvalue weighted by Crippen LogP contribution is -2.33. The predicted molar refractivity (Wildman–Crippen MR) is 114 cm³/mol. The number of benzene rings is 1. The van der Waals surface area contributed by atoms with Gasteiger partial charge in [-0.05, 0) is 41.5 Å². The second-order valence-electron chi connectivity index (χ2n) is 7.89. The maximum absolute atomic E-state index is 9.65. The fourth-order valence-electron chi connectivity index (χ4n) is 3.28. The minimum Gasteiger partial charge on any atom is -0.394 e. The largest absolute Gasteiger partial charge is 0.394 e. The molecule has 0 saturated carbocycles. The third kappa shape index (κ3) is 4.79. The average Bonchev–Trinajstić information content (AvgIpc) is 2.65. The van der Waals surface area contributed by atoms with Crippen LogP contribution in [0.3, 0.4) is 0 Å². The Balaban J connectivity index is 1.89. The Morgan fingerprint density at radius 3 is 2.59 bits per heavy atom. The molecule has 0 spiro atoms. The normalized spacial score (nSPS) is 15.2. The number of fused-ring (bicyclic) bond motifs is 1. The number of hydrogen-bond acceptors (Lipinski definition) is 5. The average molecular weight is 433 g/mol. The first-order valence-electron chi connectivity index (χ1n) is 9.66. The molecule has 1 aliphatic heterocycles. The van der Waals surface area contributed by atoms with Crippen LogP contribution in [0.15, 0.2) is 28.7 Å². The zero-order chi connectivity index (χ0) is 19.6.